The fraction of sp³-hybridized carbons (Fsp3) is 0.538. The molecule has 0 aliphatic rings. The minimum Gasteiger partial charge on any atom is -0.396 e. The lowest BCUT2D eigenvalue weighted by Crippen LogP contribution is -2.17. The molecule has 1 aromatic heterocycles. The van der Waals surface area contributed by atoms with Crippen molar-refractivity contribution in [2.75, 3.05) is 11.9 Å². The summed E-state index contributed by atoms with van der Waals surface area (Å²) in [7, 11) is 0. The van der Waals surface area contributed by atoms with Crippen molar-refractivity contribution in [1.29, 1.82) is 5.26 Å². The zero-order valence-electron chi connectivity index (χ0n) is 10.6. The monoisotopic (exact) mass is 233 g/mol. The standard InChI is InChI=1S/C13H19N3O/c1-9(5-4-6-17)16-13-7-10(2)15-11(3)12(13)8-14/h7,9,17H,4-6H2,1-3H3,(H,15,16). The van der Waals surface area contributed by atoms with Crippen molar-refractivity contribution < 1.29 is 5.11 Å². The molecule has 4 heteroatoms. The average molecular weight is 233 g/mol. The van der Waals surface area contributed by atoms with Gasteiger partial charge in [0.15, 0.2) is 0 Å². The molecular weight excluding hydrogens is 214 g/mol. The number of aliphatic hydroxyl groups is 1. The molecule has 1 rings (SSSR count). The van der Waals surface area contributed by atoms with Gasteiger partial charge in [-0.1, -0.05) is 0 Å². The lowest BCUT2D eigenvalue weighted by Gasteiger charge is -2.17. The Morgan fingerprint density at radius 3 is 2.82 bits per heavy atom. The SMILES string of the molecule is Cc1cc(NC(C)CCCO)c(C#N)c(C)n1. The summed E-state index contributed by atoms with van der Waals surface area (Å²) in [5.74, 6) is 0. The van der Waals surface area contributed by atoms with Crippen molar-refractivity contribution >= 4 is 5.69 Å². The molecule has 1 unspecified atom stereocenters. The van der Waals surface area contributed by atoms with Gasteiger partial charge in [-0.25, -0.2) is 0 Å². The number of nitrogens with one attached hydrogen (secondary N) is 1. The van der Waals surface area contributed by atoms with E-state index in [0.29, 0.717) is 5.56 Å². The number of aliphatic hydroxyl groups excluding tert-OH is 1. The van der Waals surface area contributed by atoms with Gasteiger partial charge in [-0.2, -0.15) is 5.26 Å². The molecule has 0 aromatic carbocycles. The van der Waals surface area contributed by atoms with Crippen molar-refractivity contribution in [2.45, 2.75) is 39.7 Å². The Balaban J connectivity index is 2.86. The second kappa shape index (κ2) is 6.21. The third-order valence-electron chi connectivity index (χ3n) is 2.64. The van der Waals surface area contributed by atoms with Gasteiger partial charge in [0.1, 0.15) is 6.07 Å². The normalized spacial score (nSPS) is 11.9. The van der Waals surface area contributed by atoms with E-state index in [1.54, 1.807) is 0 Å². The Hall–Kier alpha value is -1.60. The van der Waals surface area contributed by atoms with E-state index in [9.17, 15) is 0 Å². The number of nitrogens with zero attached hydrogens (tertiary/aromatic N) is 2. The van der Waals surface area contributed by atoms with Crippen LogP contribution in [0.2, 0.25) is 0 Å². The van der Waals surface area contributed by atoms with E-state index in [1.807, 2.05) is 26.8 Å². The highest BCUT2D eigenvalue weighted by molar-refractivity contribution is 5.60. The molecule has 0 radical (unpaired) electrons. The van der Waals surface area contributed by atoms with Crippen molar-refractivity contribution in [3.05, 3.63) is 23.0 Å². The van der Waals surface area contributed by atoms with Gasteiger partial charge < -0.3 is 10.4 Å². The van der Waals surface area contributed by atoms with Crippen LogP contribution in [-0.2, 0) is 0 Å². The number of hydrogen-bond acceptors (Lipinski definition) is 4. The Bertz CT molecular complexity index is 423. The minimum absolute atomic E-state index is 0.200. The molecule has 0 aliphatic carbocycles. The maximum absolute atomic E-state index is 9.11. The third-order valence-corrected chi connectivity index (χ3v) is 2.64. The van der Waals surface area contributed by atoms with Gasteiger partial charge in [0.2, 0.25) is 0 Å². The van der Waals surface area contributed by atoms with Gasteiger partial charge >= 0.3 is 0 Å². The topological polar surface area (TPSA) is 68.9 Å². The zero-order valence-corrected chi connectivity index (χ0v) is 10.6. The molecule has 1 aromatic rings. The van der Waals surface area contributed by atoms with E-state index in [4.69, 9.17) is 10.4 Å². The van der Waals surface area contributed by atoms with Crippen LogP contribution in [0.4, 0.5) is 5.69 Å². The van der Waals surface area contributed by atoms with Gasteiger partial charge in [0.25, 0.3) is 0 Å². The first-order chi connectivity index (χ1) is 8.08. The molecule has 0 amide bonds. The number of anilines is 1. The van der Waals surface area contributed by atoms with Crippen LogP contribution in [0.3, 0.4) is 0 Å². The molecule has 0 fully saturated rings. The van der Waals surface area contributed by atoms with Crippen molar-refractivity contribution in [1.82, 2.24) is 4.98 Å². The van der Waals surface area contributed by atoms with Crippen LogP contribution in [0.5, 0.6) is 0 Å². The number of aromatic nitrogens is 1. The molecular formula is C13H19N3O. The van der Waals surface area contributed by atoms with Crippen LogP contribution >= 0.6 is 0 Å². The molecule has 0 bridgehead atoms. The molecule has 92 valence electrons. The zero-order chi connectivity index (χ0) is 12.8. The van der Waals surface area contributed by atoms with Crippen molar-refractivity contribution in [2.24, 2.45) is 0 Å². The second-order valence-electron chi connectivity index (χ2n) is 4.29. The summed E-state index contributed by atoms with van der Waals surface area (Å²) >= 11 is 0. The van der Waals surface area contributed by atoms with Crippen LogP contribution in [-0.4, -0.2) is 22.7 Å². The second-order valence-corrected chi connectivity index (χ2v) is 4.29. The summed E-state index contributed by atoms with van der Waals surface area (Å²) in [5.41, 5.74) is 3.09. The minimum atomic E-state index is 0.200. The summed E-state index contributed by atoms with van der Waals surface area (Å²) in [6.45, 7) is 6.00. The largest absolute Gasteiger partial charge is 0.396 e. The highest BCUT2D eigenvalue weighted by Crippen LogP contribution is 2.20. The highest BCUT2D eigenvalue weighted by atomic mass is 16.2. The van der Waals surface area contributed by atoms with E-state index >= 15 is 0 Å². The first-order valence-electron chi connectivity index (χ1n) is 5.84. The van der Waals surface area contributed by atoms with Crippen LogP contribution in [0.15, 0.2) is 6.07 Å². The average Bonchev–Trinajstić information content (AvgIpc) is 2.25. The van der Waals surface area contributed by atoms with Gasteiger partial charge in [-0.05, 0) is 39.7 Å². The van der Waals surface area contributed by atoms with E-state index in [-0.39, 0.29) is 12.6 Å². The molecule has 0 aliphatic heterocycles. The molecule has 0 saturated heterocycles. The number of hydrogen-bond donors (Lipinski definition) is 2. The Labute approximate surface area is 102 Å². The Kier molecular flexibility index (Phi) is 4.92. The third kappa shape index (κ3) is 3.72. The number of aryl methyl sites for hydroxylation is 2. The smallest absolute Gasteiger partial charge is 0.103 e. The molecule has 1 heterocycles. The molecule has 0 saturated carbocycles. The summed E-state index contributed by atoms with van der Waals surface area (Å²) in [6.07, 6.45) is 1.64. The van der Waals surface area contributed by atoms with Crippen LogP contribution in [0.25, 0.3) is 0 Å². The lowest BCUT2D eigenvalue weighted by molar-refractivity contribution is 0.282. The number of rotatable bonds is 5. The Morgan fingerprint density at radius 1 is 1.53 bits per heavy atom. The van der Waals surface area contributed by atoms with E-state index in [1.165, 1.54) is 0 Å². The van der Waals surface area contributed by atoms with Gasteiger partial charge in [0, 0.05) is 18.3 Å². The predicted molar refractivity (Wildman–Crippen MR) is 67.8 cm³/mol. The number of pyridine rings is 1. The Morgan fingerprint density at radius 2 is 2.24 bits per heavy atom. The molecule has 4 nitrogen and oxygen atoms in total. The summed E-state index contributed by atoms with van der Waals surface area (Å²) in [4.78, 5) is 4.27. The molecule has 17 heavy (non-hydrogen) atoms. The number of nitriles is 1. The fourth-order valence-corrected chi connectivity index (χ4v) is 1.82. The van der Waals surface area contributed by atoms with Crippen LogP contribution in [0.1, 0.15) is 36.7 Å². The molecule has 2 N–H and O–H groups in total. The maximum atomic E-state index is 9.11. The summed E-state index contributed by atoms with van der Waals surface area (Å²) in [6, 6.07) is 4.30. The van der Waals surface area contributed by atoms with Crippen LogP contribution in [0, 0.1) is 25.2 Å². The van der Waals surface area contributed by atoms with Gasteiger partial charge in [0.05, 0.1) is 16.9 Å². The van der Waals surface area contributed by atoms with Gasteiger partial charge in [-0.15, -0.1) is 0 Å². The van der Waals surface area contributed by atoms with Crippen LogP contribution < -0.4 is 5.32 Å². The summed E-state index contributed by atoms with van der Waals surface area (Å²) in [5, 5.41) is 21.2. The summed E-state index contributed by atoms with van der Waals surface area (Å²) < 4.78 is 0. The molecule has 0 spiro atoms. The van der Waals surface area contributed by atoms with E-state index < -0.39 is 0 Å². The highest BCUT2D eigenvalue weighted by Gasteiger charge is 2.10. The fourth-order valence-electron chi connectivity index (χ4n) is 1.82. The van der Waals surface area contributed by atoms with E-state index in [2.05, 4.69) is 16.4 Å². The lowest BCUT2D eigenvalue weighted by atomic mass is 10.1. The van der Waals surface area contributed by atoms with E-state index in [0.717, 1.165) is 29.9 Å². The first kappa shape index (κ1) is 13.5. The maximum Gasteiger partial charge on any atom is 0.103 e. The molecule has 1 atom stereocenters. The first-order valence-corrected chi connectivity index (χ1v) is 5.84. The van der Waals surface area contributed by atoms with Crippen molar-refractivity contribution in [3.8, 4) is 6.07 Å². The predicted octanol–water partition coefficient (Wildman–Crippen LogP) is 2.14. The van der Waals surface area contributed by atoms with Crippen molar-refractivity contribution in [3.63, 3.8) is 0 Å². The quantitative estimate of drug-likeness (QED) is 0.817. The van der Waals surface area contributed by atoms with Gasteiger partial charge in [-0.3, -0.25) is 4.98 Å².